The van der Waals surface area contributed by atoms with Crippen LogP contribution in [0.25, 0.3) is 22.4 Å². The summed E-state index contributed by atoms with van der Waals surface area (Å²) in [6.45, 7) is 4.30. The van der Waals surface area contributed by atoms with Crippen molar-refractivity contribution < 1.29 is 9.53 Å². The molecule has 2 aliphatic heterocycles. The minimum atomic E-state index is 0.0326. The van der Waals surface area contributed by atoms with E-state index in [4.69, 9.17) is 19.8 Å². The third kappa shape index (κ3) is 4.23. The summed E-state index contributed by atoms with van der Waals surface area (Å²) in [5.74, 6) is 1.64. The van der Waals surface area contributed by atoms with Crippen molar-refractivity contribution in [3.05, 3.63) is 66.6 Å². The van der Waals surface area contributed by atoms with E-state index in [1.54, 1.807) is 18.5 Å². The van der Waals surface area contributed by atoms with Crippen molar-refractivity contribution in [3.63, 3.8) is 0 Å². The Hall–Kier alpha value is -3.85. The fourth-order valence-corrected chi connectivity index (χ4v) is 4.90. The average Bonchev–Trinajstić information content (AvgIpc) is 3.38. The van der Waals surface area contributed by atoms with Gasteiger partial charge in [-0.15, -0.1) is 0 Å². The summed E-state index contributed by atoms with van der Waals surface area (Å²) in [7, 11) is 0. The number of amides is 1. The Kier molecular flexibility index (Phi) is 5.83. The quantitative estimate of drug-likeness (QED) is 0.453. The molecule has 178 valence electrons. The van der Waals surface area contributed by atoms with E-state index >= 15 is 0 Å². The lowest BCUT2D eigenvalue weighted by molar-refractivity contribution is 0.0691. The number of pyridine rings is 1. The molecule has 0 radical (unpaired) electrons. The number of fused-ring (bicyclic) bond motifs is 1. The predicted molar refractivity (Wildman–Crippen MR) is 132 cm³/mol. The van der Waals surface area contributed by atoms with E-state index in [1.807, 2.05) is 52.2 Å². The molecule has 0 spiro atoms. The van der Waals surface area contributed by atoms with Gasteiger partial charge in [-0.05, 0) is 25.0 Å². The van der Waals surface area contributed by atoms with Gasteiger partial charge in [0.05, 0.1) is 36.4 Å². The van der Waals surface area contributed by atoms with Crippen molar-refractivity contribution in [2.24, 2.45) is 0 Å². The van der Waals surface area contributed by atoms with Crippen LogP contribution in [-0.4, -0.2) is 74.9 Å². The summed E-state index contributed by atoms with van der Waals surface area (Å²) in [6.07, 6.45) is 6.84. The summed E-state index contributed by atoms with van der Waals surface area (Å²) >= 11 is 0. The van der Waals surface area contributed by atoms with Gasteiger partial charge in [-0.1, -0.05) is 30.3 Å². The van der Waals surface area contributed by atoms with E-state index in [9.17, 15) is 4.79 Å². The number of hydrogen-bond acceptors (Lipinski definition) is 7. The van der Waals surface area contributed by atoms with Gasteiger partial charge >= 0.3 is 0 Å². The zero-order valence-corrected chi connectivity index (χ0v) is 19.5. The Bertz CT molecular complexity index is 1310. The second-order valence-corrected chi connectivity index (χ2v) is 8.93. The van der Waals surface area contributed by atoms with E-state index in [0.717, 1.165) is 48.3 Å². The van der Waals surface area contributed by atoms with Crippen molar-refractivity contribution in [1.29, 1.82) is 0 Å². The minimum Gasteiger partial charge on any atom is -0.378 e. The highest BCUT2D eigenvalue weighted by atomic mass is 16.5. The van der Waals surface area contributed by atoms with Crippen LogP contribution in [0.5, 0.6) is 0 Å². The second-order valence-electron chi connectivity index (χ2n) is 8.93. The lowest BCUT2D eigenvalue weighted by Gasteiger charge is -2.32. The Balaban J connectivity index is 1.31. The number of benzene rings is 1. The molecule has 5 heterocycles. The number of piperidine rings is 1. The number of anilines is 1. The molecule has 3 aromatic heterocycles. The minimum absolute atomic E-state index is 0.0326. The molecule has 9 heteroatoms. The molecule has 2 fully saturated rings. The predicted octanol–water partition coefficient (Wildman–Crippen LogP) is 3.20. The molecule has 6 rings (SSSR count). The van der Waals surface area contributed by atoms with Gasteiger partial charge in [-0.2, -0.15) is 5.10 Å². The molecule has 0 atom stereocenters. The van der Waals surface area contributed by atoms with Gasteiger partial charge < -0.3 is 14.5 Å². The molecule has 2 saturated heterocycles. The molecular weight excluding hydrogens is 442 g/mol. The largest absolute Gasteiger partial charge is 0.378 e. The van der Waals surface area contributed by atoms with Crippen molar-refractivity contribution in [2.45, 2.75) is 18.9 Å². The molecule has 1 aromatic carbocycles. The molecule has 2 aliphatic rings. The van der Waals surface area contributed by atoms with Crippen LogP contribution >= 0.6 is 0 Å². The number of ether oxygens (including phenoxy) is 1. The fourth-order valence-electron chi connectivity index (χ4n) is 4.90. The maximum Gasteiger partial charge on any atom is 0.255 e. The summed E-state index contributed by atoms with van der Waals surface area (Å²) in [4.78, 5) is 31.1. The highest BCUT2D eigenvalue weighted by Gasteiger charge is 2.28. The molecule has 1 amide bonds. The average molecular weight is 470 g/mol. The topological polar surface area (TPSA) is 89.3 Å². The third-order valence-electron chi connectivity index (χ3n) is 6.78. The van der Waals surface area contributed by atoms with Crippen molar-refractivity contribution in [1.82, 2.24) is 29.6 Å². The van der Waals surface area contributed by atoms with Gasteiger partial charge in [0.2, 0.25) is 0 Å². The smallest absolute Gasteiger partial charge is 0.255 e. The number of likely N-dealkylation sites (tertiary alicyclic amines) is 1. The number of morpholine rings is 1. The third-order valence-corrected chi connectivity index (χ3v) is 6.78. The summed E-state index contributed by atoms with van der Waals surface area (Å²) in [5.41, 5.74) is 2.46. The Morgan fingerprint density at radius 2 is 1.71 bits per heavy atom. The molecule has 0 unspecified atom stereocenters. The van der Waals surface area contributed by atoms with Gasteiger partial charge in [0, 0.05) is 44.1 Å². The van der Waals surface area contributed by atoms with Crippen LogP contribution < -0.4 is 4.90 Å². The van der Waals surface area contributed by atoms with Gasteiger partial charge in [0.25, 0.3) is 5.91 Å². The van der Waals surface area contributed by atoms with Crippen molar-refractivity contribution in [2.75, 3.05) is 44.3 Å². The van der Waals surface area contributed by atoms with Gasteiger partial charge in [-0.3, -0.25) is 9.78 Å². The van der Waals surface area contributed by atoms with Crippen molar-refractivity contribution in [3.8, 4) is 11.4 Å². The Morgan fingerprint density at radius 1 is 0.914 bits per heavy atom. The van der Waals surface area contributed by atoms with Gasteiger partial charge in [-0.25, -0.2) is 14.6 Å². The Labute approximate surface area is 203 Å². The van der Waals surface area contributed by atoms with E-state index in [1.165, 1.54) is 0 Å². The number of rotatable bonds is 4. The first-order valence-corrected chi connectivity index (χ1v) is 12.1. The molecule has 0 bridgehead atoms. The van der Waals surface area contributed by atoms with Crippen LogP contribution in [0.3, 0.4) is 0 Å². The Morgan fingerprint density at radius 3 is 2.46 bits per heavy atom. The number of nitrogens with zero attached hydrogens (tertiary/aromatic N) is 7. The number of carbonyl (C=O) groups is 1. The van der Waals surface area contributed by atoms with E-state index in [2.05, 4.69) is 9.88 Å². The fraction of sp³-hybridized carbons (Fsp3) is 0.346. The number of aromatic nitrogens is 5. The lowest BCUT2D eigenvalue weighted by Crippen LogP contribution is -2.39. The highest BCUT2D eigenvalue weighted by molar-refractivity contribution is 5.94. The number of carbonyl (C=O) groups excluding carboxylic acids is 1. The zero-order valence-electron chi connectivity index (χ0n) is 19.5. The molecular formula is C26H27N7O2. The molecule has 0 N–H and O–H groups in total. The summed E-state index contributed by atoms with van der Waals surface area (Å²) < 4.78 is 7.61. The second kappa shape index (κ2) is 9.42. The van der Waals surface area contributed by atoms with Crippen LogP contribution in [0.1, 0.15) is 29.2 Å². The standard InChI is InChI=1S/C26H27N7O2/c34-26(20-7-4-10-27-17-20)32-11-8-21(9-12-32)33-25-22(18-28-33)24(31-13-15-35-16-14-31)29-23(30-25)19-5-2-1-3-6-19/h1-7,10,17-18,21H,8-9,11-16H2. The van der Waals surface area contributed by atoms with E-state index in [0.29, 0.717) is 37.7 Å². The van der Waals surface area contributed by atoms with Crippen LogP contribution in [0, 0.1) is 0 Å². The van der Waals surface area contributed by atoms with Crippen LogP contribution in [0.2, 0.25) is 0 Å². The maximum atomic E-state index is 12.9. The molecule has 9 nitrogen and oxygen atoms in total. The first-order valence-electron chi connectivity index (χ1n) is 12.1. The maximum absolute atomic E-state index is 12.9. The number of hydrogen-bond donors (Lipinski definition) is 0. The normalized spacial score (nSPS) is 17.1. The van der Waals surface area contributed by atoms with Crippen LogP contribution in [0.4, 0.5) is 5.82 Å². The van der Waals surface area contributed by atoms with Crippen LogP contribution in [-0.2, 0) is 4.74 Å². The molecule has 35 heavy (non-hydrogen) atoms. The molecule has 0 saturated carbocycles. The zero-order chi connectivity index (χ0) is 23.6. The molecule has 0 aliphatic carbocycles. The lowest BCUT2D eigenvalue weighted by atomic mass is 10.0. The SMILES string of the molecule is O=C(c1cccnc1)N1CCC(n2ncc3c(N4CCOCC4)nc(-c4ccccc4)nc32)CC1. The monoisotopic (exact) mass is 469 g/mol. The van der Waals surface area contributed by atoms with E-state index < -0.39 is 0 Å². The van der Waals surface area contributed by atoms with Gasteiger partial charge in [0.15, 0.2) is 11.5 Å². The summed E-state index contributed by atoms with van der Waals surface area (Å²) in [6, 6.07) is 13.9. The van der Waals surface area contributed by atoms with Crippen molar-refractivity contribution >= 4 is 22.8 Å². The van der Waals surface area contributed by atoms with Crippen LogP contribution in [0.15, 0.2) is 61.1 Å². The molecule has 4 aromatic rings. The van der Waals surface area contributed by atoms with E-state index in [-0.39, 0.29) is 11.9 Å². The van der Waals surface area contributed by atoms with Gasteiger partial charge in [0.1, 0.15) is 5.82 Å². The first kappa shape index (κ1) is 21.7. The first-order chi connectivity index (χ1) is 17.3. The summed E-state index contributed by atoms with van der Waals surface area (Å²) in [5, 5.41) is 5.74. The highest BCUT2D eigenvalue weighted by Crippen LogP contribution is 2.32.